The minimum atomic E-state index is 0.0348. The zero-order chi connectivity index (χ0) is 12.3. The van der Waals surface area contributed by atoms with Gasteiger partial charge in [-0.1, -0.05) is 19.8 Å². The van der Waals surface area contributed by atoms with Crippen LogP contribution in [0, 0.1) is 11.8 Å². The van der Waals surface area contributed by atoms with Gasteiger partial charge in [0.05, 0.1) is 6.04 Å². The van der Waals surface area contributed by atoms with Crippen molar-refractivity contribution in [2.75, 3.05) is 6.54 Å². The number of hydrogen-bond donors (Lipinski definition) is 2. The predicted molar refractivity (Wildman–Crippen MR) is 69.8 cm³/mol. The molecule has 1 saturated carbocycles. The molecule has 0 spiro atoms. The van der Waals surface area contributed by atoms with E-state index in [1.165, 1.54) is 38.5 Å². The van der Waals surface area contributed by atoms with Crippen LogP contribution in [0.5, 0.6) is 0 Å². The van der Waals surface area contributed by atoms with E-state index in [1.807, 2.05) is 0 Å². The summed E-state index contributed by atoms with van der Waals surface area (Å²) < 4.78 is 0. The van der Waals surface area contributed by atoms with Crippen molar-refractivity contribution in [1.82, 2.24) is 10.6 Å². The second kappa shape index (κ2) is 5.85. The van der Waals surface area contributed by atoms with Crippen molar-refractivity contribution in [3.63, 3.8) is 0 Å². The average Bonchev–Trinajstić information content (AvgIpc) is 2.82. The molecule has 1 aliphatic heterocycles. The number of amides is 1. The summed E-state index contributed by atoms with van der Waals surface area (Å²) in [5, 5.41) is 6.57. The predicted octanol–water partition coefficient (Wildman–Crippen LogP) is 2.07. The number of nitrogens with one attached hydrogen (secondary N) is 2. The number of carbonyl (C=O) groups is 1. The highest BCUT2D eigenvalue weighted by molar-refractivity contribution is 5.82. The molecular formula is C14H26N2O. The molecule has 0 aromatic rings. The van der Waals surface area contributed by atoms with Crippen LogP contribution in [0.4, 0.5) is 0 Å². The number of rotatable bonds is 3. The van der Waals surface area contributed by atoms with Gasteiger partial charge in [-0.3, -0.25) is 4.79 Å². The quantitative estimate of drug-likeness (QED) is 0.790. The summed E-state index contributed by atoms with van der Waals surface area (Å²) in [6.45, 7) is 5.33. The molecule has 0 bridgehead atoms. The van der Waals surface area contributed by atoms with E-state index < -0.39 is 0 Å². The molecule has 1 heterocycles. The van der Waals surface area contributed by atoms with Gasteiger partial charge >= 0.3 is 0 Å². The van der Waals surface area contributed by atoms with Crippen LogP contribution in [0.15, 0.2) is 0 Å². The van der Waals surface area contributed by atoms with Crippen molar-refractivity contribution in [2.24, 2.45) is 11.8 Å². The Hall–Kier alpha value is -0.570. The molecular weight excluding hydrogens is 212 g/mol. The Morgan fingerprint density at radius 3 is 2.59 bits per heavy atom. The lowest BCUT2D eigenvalue weighted by molar-refractivity contribution is -0.125. The lowest BCUT2D eigenvalue weighted by Gasteiger charge is -2.31. The first-order chi connectivity index (χ1) is 8.18. The van der Waals surface area contributed by atoms with E-state index in [2.05, 4.69) is 24.5 Å². The first-order valence-corrected chi connectivity index (χ1v) is 7.22. The molecule has 0 radical (unpaired) electrons. The van der Waals surface area contributed by atoms with Gasteiger partial charge in [0.2, 0.25) is 5.91 Å². The number of hydrogen-bond acceptors (Lipinski definition) is 2. The Labute approximate surface area is 105 Å². The molecule has 0 aromatic heterocycles. The summed E-state index contributed by atoms with van der Waals surface area (Å²) in [6.07, 6.45) is 7.61. The van der Waals surface area contributed by atoms with Crippen LogP contribution in [-0.2, 0) is 4.79 Å². The van der Waals surface area contributed by atoms with Crippen molar-refractivity contribution >= 4 is 5.91 Å². The maximum atomic E-state index is 12.2. The summed E-state index contributed by atoms with van der Waals surface area (Å²) in [6, 6.07) is 0.383. The molecule has 2 rings (SSSR count). The molecule has 2 fully saturated rings. The van der Waals surface area contributed by atoms with Crippen LogP contribution in [0.1, 0.15) is 52.4 Å². The lowest BCUT2D eigenvalue weighted by atomic mass is 9.91. The number of carbonyl (C=O) groups excluding carboxylic acids is 1. The van der Waals surface area contributed by atoms with Crippen LogP contribution in [0.25, 0.3) is 0 Å². The minimum Gasteiger partial charge on any atom is -0.352 e. The highest BCUT2D eigenvalue weighted by Gasteiger charge is 2.30. The molecule has 3 unspecified atom stereocenters. The Balaban J connectivity index is 1.82. The van der Waals surface area contributed by atoms with Crippen molar-refractivity contribution in [3.05, 3.63) is 0 Å². The first-order valence-electron chi connectivity index (χ1n) is 7.22. The normalized spacial score (nSPS) is 32.4. The number of piperidine rings is 1. The third kappa shape index (κ3) is 3.21. The molecule has 1 saturated heterocycles. The minimum absolute atomic E-state index is 0.0348. The van der Waals surface area contributed by atoms with E-state index in [4.69, 9.17) is 0 Å². The zero-order valence-electron chi connectivity index (χ0n) is 11.2. The highest BCUT2D eigenvalue weighted by atomic mass is 16.2. The summed E-state index contributed by atoms with van der Waals surface area (Å²) >= 11 is 0. The fraction of sp³-hybridized carbons (Fsp3) is 0.929. The van der Waals surface area contributed by atoms with Crippen LogP contribution in [-0.4, -0.2) is 24.5 Å². The SMILES string of the molecule is CC1CCCNC1C(=O)NC(C)C1CCCC1. The summed E-state index contributed by atoms with van der Waals surface area (Å²) in [7, 11) is 0. The summed E-state index contributed by atoms with van der Waals surface area (Å²) in [4.78, 5) is 12.2. The third-order valence-corrected chi connectivity index (χ3v) is 4.53. The average molecular weight is 238 g/mol. The molecule has 3 nitrogen and oxygen atoms in total. The van der Waals surface area contributed by atoms with Crippen LogP contribution < -0.4 is 10.6 Å². The topological polar surface area (TPSA) is 41.1 Å². The van der Waals surface area contributed by atoms with E-state index in [-0.39, 0.29) is 11.9 Å². The second-order valence-corrected chi connectivity index (χ2v) is 5.89. The van der Waals surface area contributed by atoms with Gasteiger partial charge in [-0.25, -0.2) is 0 Å². The smallest absolute Gasteiger partial charge is 0.237 e. The van der Waals surface area contributed by atoms with Crippen molar-refractivity contribution < 1.29 is 4.79 Å². The van der Waals surface area contributed by atoms with Gasteiger partial charge in [-0.05, 0) is 51.0 Å². The molecule has 3 atom stereocenters. The van der Waals surface area contributed by atoms with Gasteiger partial charge in [0.15, 0.2) is 0 Å². The molecule has 1 amide bonds. The molecule has 2 N–H and O–H groups in total. The monoisotopic (exact) mass is 238 g/mol. The Bertz CT molecular complexity index is 261. The van der Waals surface area contributed by atoms with Gasteiger partial charge in [0.1, 0.15) is 0 Å². The molecule has 98 valence electrons. The summed E-state index contributed by atoms with van der Waals surface area (Å²) in [5.41, 5.74) is 0. The third-order valence-electron chi connectivity index (χ3n) is 4.53. The largest absolute Gasteiger partial charge is 0.352 e. The molecule has 17 heavy (non-hydrogen) atoms. The van der Waals surface area contributed by atoms with Crippen LogP contribution in [0.2, 0.25) is 0 Å². The second-order valence-electron chi connectivity index (χ2n) is 5.89. The maximum absolute atomic E-state index is 12.2. The molecule has 2 aliphatic rings. The molecule has 3 heteroatoms. The van der Waals surface area contributed by atoms with E-state index in [0.717, 1.165) is 6.54 Å². The fourth-order valence-corrected chi connectivity index (χ4v) is 3.29. The lowest BCUT2D eigenvalue weighted by Crippen LogP contribution is -2.53. The van der Waals surface area contributed by atoms with Gasteiger partial charge < -0.3 is 10.6 Å². The van der Waals surface area contributed by atoms with E-state index in [0.29, 0.717) is 17.9 Å². The van der Waals surface area contributed by atoms with E-state index in [1.54, 1.807) is 0 Å². The van der Waals surface area contributed by atoms with Crippen molar-refractivity contribution in [1.29, 1.82) is 0 Å². The van der Waals surface area contributed by atoms with Crippen LogP contribution in [0.3, 0.4) is 0 Å². The van der Waals surface area contributed by atoms with E-state index >= 15 is 0 Å². The Kier molecular flexibility index (Phi) is 4.43. The summed E-state index contributed by atoms with van der Waals surface area (Å²) in [5.74, 6) is 1.40. The first kappa shape index (κ1) is 12.9. The maximum Gasteiger partial charge on any atom is 0.237 e. The zero-order valence-corrected chi connectivity index (χ0v) is 11.2. The Morgan fingerprint density at radius 2 is 1.94 bits per heavy atom. The van der Waals surface area contributed by atoms with Gasteiger partial charge in [0.25, 0.3) is 0 Å². The standard InChI is InChI=1S/C14H26N2O/c1-10-6-5-9-15-13(10)14(17)16-11(2)12-7-3-4-8-12/h10-13,15H,3-9H2,1-2H3,(H,16,17). The van der Waals surface area contributed by atoms with Crippen molar-refractivity contribution in [3.8, 4) is 0 Å². The van der Waals surface area contributed by atoms with Crippen molar-refractivity contribution in [2.45, 2.75) is 64.5 Å². The van der Waals surface area contributed by atoms with Gasteiger partial charge in [0, 0.05) is 6.04 Å². The fourth-order valence-electron chi connectivity index (χ4n) is 3.29. The highest BCUT2D eigenvalue weighted by Crippen LogP contribution is 2.27. The van der Waals surface area contributed by atoms with Gasteiger partial charge in [-0.2, -0.15) is 0 Å². The molecule has 1 aliphatic carbocycles. The van der Waals surface area contributed by atoms with E-state index in [9.17, 15) is 4.79 Å². The molecule has 0 aromatic carbocycles. The van der Waals surface area contributed by atoms with Crippen LogP contribution >= 0.6 is 0 Å². The van der Waals surface area contributed by atoms with Gasteiger partial charge in [-0.15, -0.1) is 0 Å². The Morgan fingerprint density at radius 1 is 1.24 bits per heavy atom.